The summed E-state index contributed by atoms with van der Waals surface area (Å²) in [5.74, 6) is -0.985. The number of hydrogen-bond donors (Lipinski definition) is 1. The molecule has 1 amide bonds. The predicted molar refractivity (Wildman–Crippen MR) is 99.2 cm³/mol. The van der Waals surface area contributed by atoms with Crippen molar-refractivity contribution < 1.29 is 27.5 Å². The number of benzene rings is 1. The standard InChI is InChI=1S/C18H24N2O6S/c1-27(23,24)20-8-2-4-13-10-14(6-7-16(13)20)18(22)26-12-17(21)19-11-15-5-3-9-25-15/h6-7,10,15H,2-5,8-9,11-12H2,1H3,(H,19,21)/t15-/m1/s1. The molecule has 0 unspecified atom stereocenters. The Bertz CT molecular complexity index is 817. The van der Waals surface area contributed by atoms with E-state index in [1.165, 1.54) is 16.6 Å². The molecule has 9 heteroatoms. The van der Waals surface area contributed by atoms with Gasteiger partial charge in [-0.1, -0.05) is 0 Å². The van der Waals surface area contributed by atoms with Crippen LogP contribution in [0.2, 0.25) is 0 Å². The molecule has 0 saturated carbocycles. The number of sulfonamides is 1. The van der Waals surface area contributed by atoms with E-state index in [0.29, 0.717) is 43.8 Å². The van der Waals surface area contributed by atoms with Gasteiger partial charge in [-0.05, 0) is 49.4 Å². The third-order valence-corrected chi connectivity index (χ3v) is 5.86. The van der Waals surface area contributed by atoms with Crippen LogP contribution < -0.4 is 9.62 Å². The zero-order valence-electron chi connectivity index (χ0n) is 15.3. The van der Waals surface area contributed by atoms with Gasteiger partial charge in [0.25, 0.3) is 5.91 Å². The average molecular weight is 396 g/mol. The second kappa shape index (κ2) is 8.26. The van der Waals surface area contributed by atoms with Gasteiger partial charge >= 0.3 is 5.97 Å². The Kier molecular flexibility index (Phi) is 6.01. The molecule has 148 valence electrons. The minimum atomic E-state index is -3.35. The highest BCUT2D eigenvalue weighted by Gasteiger charge is 2.25. The first-order valence-electron chi connectivity index (χ1n) is 9.00. The molecule has 0 spiro atoms. The van der Waals surface area contributed by atoms with Gasteiger partial charge in [0.15, 0.2) is 6.61 Å². The molecular weight excluding hydrogens is 372 g/mol. The van der Waals surface area contributed by atoms with Gasteiger partial charge in [-0.25, -0.2) is 13.2 Å². The van der Waals surface area contributed by atoms with Crippen molar-refractivity contribution in [2.45, 2.75) is 31.8 Å². The number of fused-ring (bicyclic) bond motifs is 1. The van der Waals surface area contributed by atoms with Crippen LogP contribution in [0.1, 0.15) is 35.2 Å². The Morgan fingerprint density at radius 3 is 2.85 bits per heavy atom. The molecule has 2 heterocycles. The summed E-state index contributed by atoms with van der Waals surface area (Å²) in [6.45, 7) is 1.19. The van der Waals surface area contributed by atoms with Gasteiger partial charge in [0.05, 0.1) is 23.6 Å². The van der Waals surface area contributed by atoms with Crippen molar-refractivity contribution in [2.24, 2.45) is 0 Å². The third kappa shape index (κ3) is 4.98. The molecule has 27 heavy (non-hydrogen) atoms. The van der Waals surface area contributed by atoms with Crippen molar-refractivity contribution in [1.29, 1.82) is 0 Å². The first kappa shape index (κ1) is 19.6. The Morgan fingerprint density at radius 2 is 2.15 bits per heavy atom. The number of rotatable bonds is 6. The van der Waals surface area contributed by atoms with Crippen LogP contribution in [-0.2, 0) is 30.7 Å². The lowest BCUT2D eigenvalue weighted by Crippen LogP contribution is -2.35. The fraction of sp³-hybridized carbons (Fsp3) is 0.556. The number of amides is 1. The lowest BCUT2D eigenvalue weighted by Gasteiger charge is -2.29. The molecule has 1 atom stereocenters. The van der Waals surface area contributed by atoms with E-state index in [2.05, 4.69) is 5.32 Å². The van der Waals surface area contributed by atoms with Gasteiger partial charge in [0.1, 0.15) is 0 Å². The number of aryl methyl sites for hydroxylation is 1. The maximum atomic E-state index is 12.2. The molecule has 1 N–H and O–H groups in total. The van der Waals surface area contributed by atoms with E-state index in [0.717, 1.165) is 18.4 Å². The highest BCUT2D eigenvalue weighted by atomic mass is 32.2. The van der Waals surface area contributed by atoms with Crippen molar-refractivity contribution in [3.63, 3.8) is 0 Å². The summed E-state index contributed by atoms with van der Waals surface area (Å²) in [6, 6.07) is 4.78. The summed E-state index contributed by atoms with van der Waals surface area (Å²) >= 11 is 0. The Balaban J connectivity index is 1.56. The maximum absolute atomic E-state index is 12.2. The predicted octanol–water partition coefficient (Wildman–Crippen LogP) is 0.851. The SMILES string of the molecule is CS(=O)(=O)N1CCCc2cc(C(=O)OCC(=O)NC[C@H]3CCCO3)ccc21. The van der Waals surface area contributed by atoms with E-state index in [1.54, 1.807) is 12.1 Å². The highest BCUT2D eigenvalue weighted by Crippen LogP contribution is 2.30. The second-order valence-electron chi connectivity index (χ2n) is 6.80. The van der Waals surface area contributed by atoms with Gasteiger partial charge in [-0.2, -0.15) is 0 Å². The van der Waals surface area contributed by atoms with Crippen LogP contribution in [0.25, 0.3) is 0 Å². The maximum Gasteiger partial charge on any atom is 0.338 e. The van der Waals surface area contributed by atoms with E-state index in [-0.39, 0.29) is 18.6 Å². The summed E-state index contributed by atoms with van der Waals surface area (Å²) in [4.78, 5) is 24.0. The Morgan fingerprint density at radius 1 is 1.33 bits per heavy atom. The molecule has 1 aromatic carbocycles. The van der Waals surface area contributed by atoms with E-state index < -0.39 is 16.0 Å². The Labute approximate surface area is 158 Å². The van der Waals surface area contributed by atoms with Gasteiger partial charge in [-0.3, -0.25) is 9.10 Å². The molecule has 1 fully saturated rings. The average Bonchev–Trinajstić information content (AvgIpc) is 3.16. The zero-order chi connectivity index (χ0) is 19.4. The fourth-order valence-corrected chi connectivity index (χ4v) is 4.33. The van der Waals surface area contributed by atoms with E-state index >= 15 is 0 Å². The molecule has 3 rings (SSSR count). The molecule has 0 aromatic heterocycles. The topological polar surface area (TPSA) is 102 Å². The van der Waals surface area contributed by atoms with Crippen molar-refractivity contribution >= 4 is 27.6 Å². The molecule has 0 aliphatic carbocycles. The number of carbonyl (C=O) groups excluding carboxylic acids is 2. The van der Waals surface area contributed by atoms with Crippen molar-refractivity contribution in [3.05, 3.63) is 29.3 Å². The molecule has 0 bridgehead atoms. The lowest BCUT2D eigenvalue weighted by molar-refractivity contribution is -0.124. The molecule has 2 aliphatic rings. The van der Waals surface area contributed by atoms with Crippen LogP contribution in [0.5, 0.6) is 0 Å². The van der Waals surface area contributed by atoms with E-state index in [4.69, 9.17) is 9.47 Å². The van der Waals surface area contributed by atoms with Crippen molar-refractivity contribution in [1.82, 2.24) is 5.32 Å². The van der Waals surface area contributed by atoms with Gasteiger partial charge in [0, 0.05) is 19.7 Å². The quantitative estimate of drug-likeness (QED) is 0.716. The van der Waals surface area contributed by atoms with Crippen LogP contribution in [0.15, 0.2) is 18.2 Å². The van der Waals surface area contributed by atoms with Crippen LogP contribution in [0.3, 0.4) is 0 Å². The Hall–Kier alpha value is -2.13. The number of nitrogens with zero attached hydrogens (tertiary/aromatic N) is 1. The zero-order valence-corrected chi connectivity index (χ0v) is 16.1. The van der Waals surface area contributed by atoms with Gasteiger partial charge in [-0.15, -0.1) is 0 Å². The van der Waals surface area contributed by atoms with Gasteiger partial charge < -0.3 is 14.8 Å². The van der Waals surface area contributed by atoms with E-state index in [1.807, 2.05) is 0 Å². The van der Waals surface area contributed by atoms with Crippen LogP contribution in [0, 0.1) is 0 Å². The van der Waals surface area contributed by atoms with Crippen LogP contribution >= 0.6 is 0 Å². The number of hydrogen-bond acceptors (Lipinski definition) is 6. The van der Waals surface area contributed by atoms with E-state index in [9.17, 15) is 18.0 Å². The minimum absolute atomic E-state index is 0.0306. The third-order valence-electron chi connectivity index (χ3n) is 4.68. The number of ether oxygens (including phenoxy) is 2. The summed E-state index contributed by atoms with van der Waals surface area (Å²) in [5.41, 5.74) is 1.68. The molecule has 0 radical (unpaired) electrons. The van der Waals surface area contributed by atoms with Crippen molar-refractivity contribution in [2.75, 3.05) is 36.9 Å². The summed E-state index contributed by atoms with van der Waals surface area (Å²) in [6.07, 6.45) is 4.47. The second-order valence-corrected chi connectivity index (χ2v) is 8.70. The monoisotopic (exact) mass is 396 g/mol. The smallest absolute Gasteiger partial charge is 0.338 e. The largest absolute Gasteiger partial charge is 0.452 e. The van der Waals surface area contributed by atoms with Crippen LogP contribution in [0.4, 0.5) is 5.69 Å². The molecular formula is C18H24N2O6S. The molecule has 1 saturated heterocycles. The minimum Gasteiger partial charge on any atom is -0.452 e. The normalized spacial score (nSPS) is 19.4. The number of anilines is 1. The highest BCUT2D eigenvalue weighted by molar-refractivity contribution is 7.92. The number of nitrogens with one attached hydrogen (secondary N) is 1. The summed E-state index contributed by atoms with van der Waals surface area (Å²) < 4.78 is 35.6. The fourth-order valence-electron chi connectivity index (χ4n) is 3.33. The number of carbonyl (C=O) groups is 2. The molecule has 2 aliphatic heterocycles. The number of esters is 1. The summed E-state index contributed by atoms with van der Waals surface area (Å²) in [5, 5.41) is 2.69. The lowest BCUT2D eigenvalue weighted by atomic mass is 10.0. The molecule has 1 aromatic rings. The first-order chi connectivity index (χ1) is 12.8. The van der Waals surface area contributed by atoms with Crippen LogP contribution in [-0.4, -0.2) is 59.0 Å². The first-order valence-corrected chi connectivity index (χ1v) is 10.9. The molecule has 8 nitrogen and oxygen atoms in total. The van der Waals surface area contributed by atoms with Gasteiger partial charge in [0.2, 0.25) is 10.0 Å². The van der Waals surface area contributed by atoms with Crippen molar-refractivity contribution in [3.8, 4) is 0 Å². The summed E-state index contributed by atoms with van der Waals surface area (Å²) in [7, 11) is -3.35.